The fourth-order valence-corrected chi connectivity index (χ4v) is 3.78. The summed E-state index contributed by atoms with van der Waals surface area (Å²) in [4.78, 5) is 37.5. The van der Waals surface area contributed by atoms with E-state index in [9.17, 15) is 19.7 Å². The molecule has 0 radical (unpaired) electrons. The first-order valence-corrected chi connectivity index (χ1v) is 7.84. The molecule has 1 atom stereocenters. The minimum absolute atomic E-state index is 0.00175. The van der Waals surface area contributed by atoms with Gasteiger partial charge in [-0.2, -0.15) is 0 Å². The summed E-state index contributed by atoms with van der Waals surface area (Å²) in [5.41, 5.74) is 0.634. The smallest absolute Gasteiger partial charge is 0.321 e. The van der Waals surface area contributed by atoms with Gasteiger partial charge >= 0.3 is 6.03 Å². The SMILES string of the molecule is CNC(=O)NC(=O)[C@H](C)Sc1nc2ccc([N+](=O)[O-])cc2s1. The lowest BCUT2D eigenvalue weighted by atomic mass is 10.3. The topological polar surface area (TPSA) is 114 Å². The monoisotopic (exact) mass is 340 g/mol. The second-order valence-electron chi connectivity index (χ2n) is 4.22. The molecule has 2 rings (SSSR count). The average molecular weight is 340 g/mol. The third-order valence-corrected chi connectivity index (χ3v) is 4.89. The van der Waals surface area contributed by atoms with E-state index < -0.39 is 22.1 Å². The van der Waals surface area contributed by atoms with Crippen molar-refractivity contribution in [1.29, 1.82) is 0 Å². The van der Waals surface area contributed by atoms with Gasteiger partial charge in [-0.25, -0.2) is 9.78 Å². The van der Waals surface area contributed by atoms with E-state index in [1.54, 1.807) is 13.0 Å². The molecule has 0 fully saturated rings. The van der Waals surface area contributed by atoms with E-state index in [-0.39, 0.29) is 5.69 Å². The van der Waals surface area contributed by atoms with Gasteiger partial charge < -0.3 is 5.32 Å². The maximum atomic E-state index is 11.8. The molecule has 1 heterocycles. The van der Waals surface area contributed by atoms with Crippen LogP contribution >= 0.6 is 23.1 Å². The Bertz CT molecular complexity index is 746. The number of rotatable bonds is 4. The number of aromatic nitrogens is 1. The van der Waals surface area contributed by atoms with Gasteiger partial charge in [-0.1, -0.05) is 11.8 Å². The normalized spacial score (nSPS) is 11.9. The summed E-state index contributed by atoms with van der Waals surface area (Å²) in [6, 6.07) is 3.84. The zero-order valence-corrected chi connectivity index (χ0v) is 13.3. The molecule has 0 aliphatic heterocycles. The van der Waals surface area contributed by atoms with Crippen molar-refractivity contribution in [2.24, 2.45) is 0 Å². The Labute approximate surface area is 133 Å². The van der Waals surface area contributed by atoms with Crippen LogP contribution in [0.25, 0.3) is 10.2 Å². The number of carbonyl (C=O) groups is 2. The van der Waals surface area contributed by atoms with E-state index in [0.29, 0.717) is 14.6 Å². The van der Waals surface area contributed by atoms with Gasteiger partial charge in [-0.3, -0.25) is 20.2 Å². The molecular weight excluding hydrogens is 328 g/mol. The van der Waals surface area contributed by atoms with Gasteiger partial charge in [0.15, 0.2) is 4.34 Å². The number of carbonyl (C=O) groups excluding carboxylic acids is 2. The number of benzene rings is 1. The minimum Gasteiger partial charge on any atom is -0.341 e. The summed E-state index contributed by atoms with van der Waals surface area (Å²) < 4.78 is 1.28. The number of nitro benzene ring substituents is 1. The first-order chi connectivity index (χ1) is 10.4. The van der Waals surface area contributed by atoms with Crippen LogP contribution in [0, 0.1) is 10.1 Å². The average Bonchev–Trinajstić information content (AvgIpc) is 2.87. The van der Waals surface area contributed by atoms with Crippen molar-refractivity contribution in [1.82, 2.24) is 15.6 Å². The predicted octanol–water partition coefficient (Wildman–Crippen LogP) is 2.14. The molecule has 10 heteroatoms. The van der Waals surface area contributed by atoms with Crippen molar-refractivity contribution in [3.05, 3.63) is 28.3 Å². The van der Waals surface area contributed by atoms with Crippen LogP contribution in [0.4, 0.5) is 10.5 Å². The summed E-state index contributed by atoms with van der Waals surface area (Å²) in [6.45, 7) is 1.65. The van der Waals surface area contributed by atoms with Crippen LogP contribution in [0.2, 0.25) is 0 Å². The van der Waals surface area contributed by atoms with E-state index in [1.165, 1.54) is 42.3 Å². The highest BCUT2D eigenvalue weighted by molar-refractivity contribution is 8.02. The quantitative estimate of drug-likeness (QED) is 0.501. The number of amides is 3. The molecule has 0 saturated heterocycles. The molecule has 2 aromatic rings. The molecule has 2 N–H and O–H groups in total. The number of nitro groups is 1. The Kier molecular flexibility index (Phi) is 4.93. The number of urea groups is 1. The molecule has 0 unspecified atom stereocenters. The van der Waals surface area contributed by atoms with E-state index in [1.807, 2.05) is 0 Å². The van der Waals surface area contributed by atoms with Gasteiger partial charge in [0.1, 0.15) is 0 Å². The van der Waals surface area contributed by atoms with E-state index in [2.05, 4.69) is 15.6 Å². The molecule has 0 aliphatic rings. The summed E-state index contributed by atoms with van der Waals surface area (Å²) >= 11 is 2.46. The minimum atomic E-state index is -0.572. The maximum Gasteiger partial charge on any atom is 0.321 e. The van der Waals surface area contributed by atoms with Crippen LogP contribution in [0.1, 0.15) is 6.92 Å². The molecule has 3 amide bonds. The van der Waals surface area contributed by atoms with Gasteiger partial charge in [0.25, 0.3) is 5.69 Å². The van der Waals surface area contributed by atoms with E-state index >= 15 is 0 Å². The second-order valence-corrected chi connectivity index (χ2v) is 6.84. The fraction of sp³-hybridized carbons (Fsp3) is 0.250. The first kappa shape index (κ1) is 16.2. The lowest BCUT2D eigenvalue weighted by molar-refractivity contribution is -0.384. The zero-order chi connectivity index (χ0) is 16.3. The number of thiazole rings is 1. The molecule has 116 valence electrons. The molecule has 0 spiro atoms. The number of imide groups is 1. The van der Waals surface area contributed by atoms with Crippen molar-refractivity contribution in [3.63, 3.8) is 0 Å². The zero-order valence-electron chi connectivity index (χ0n) is 11.7. The predicted molar refractivity (Wildman–Crippen MR) is 84.2 cm³/mol. The lowest BCUT2D eigenvalue weighted by Crippen LogP contribution is -2.41. The van der Waals surface area contributed by atoms with Crippen LogP contribution in [0.15, 0.2) is 22.5 Å². The third-order valence-electron chi connectivity index (χ3n) is 2.67. The van der Waals surface area contributed by atoms with Gasteiger partial charge in [-0.05, 0) is 13.0 Å². The highest BCUT2D eigenvalue weighted by atomic mass is 32.2. The van der Waals surface area contributed by atoms with Crippen LogP contribution in [0.3, 0.4) is 0 Å². The van der Waals surface area contributed by atoms with Crippen molar-refractivity contribution >= 4 is 50.9 Å². The molecule has 1 aromatic heterocycles. The van der Waals surface area contributed by atoms with Gasteiger partial charge in [-0.15, -0.1) is 11.3 Å². The van der Waals surface area contributed by atoms with Crippen LogP contribution in [-0.2, 0) is 4.79 Å². The summed E-state index contributed by atoms with van der Waals surface area (Å²) in [5, 5.41) is 14.7. The summed E-state index contributed by atoms with van der Waals surface area (Å²) in [7, 11) is 1.42. The summed E-state index contributed by atoms with van der Waals surface area (Å²) in [6.07, 6.45) is 0. The number of hydrogen-bond acceptors (Lipinski definition) is 7. The van der Waals surface area contributed by atoms with E-state index in [4.69, 9.17) is 0 Å². The largest absolute Gasteiger partial charge is 0.341 e. The third kappa shape index (κ3) is 3.71. The standard InChI is InChI=1S/C12H12N4O4S2/c1-6(10(17)15-11(18)13-2)21-12-14-8-4-3-7(16(19)20)5-9(8)22-12/h3-6H,1-2H3,(H2,13,15,17,18)/t6-/m0/s1. The van der Waals surface area contributed by atoms with Crippen molar-refractivity contribution in [2.45, 2.75) is 16.5 Å². The van der Waals surface area contributed by atoms with Gasteiger partial charge in [0.2, 0.25) is 5.91 Å². The lowest BCUT2D eigenvalue weighted by Gasteiger charge is -2.08. The Hall–Kier alpha value is -2.20. The summed E-state index contributed by atoms with van der Waals surface area (Å²) in [5.74, 6) is -0.436. The molecule has 8 nitrogen and oxygen atoms in total. The van der Waals surface area contributed by atoms with Gasteiger partial charge in [0, 0.05) is 19.2 Å². The van der Waals surface area contributed by atoms with Crippen LogP contribution in [-0.4, -0.2) is 34.1 Å². The number of nitrogens with zero attached hydrogens (tertiary/aromatic N) is 2. The van der Waals surface area contributed by atoms with Gasteiger partial charge in [0.05, 0.1) is 20.4 Å². The highest BCUT2D eigenvalue weighted by Gasteiger charge is 2.19. The Balaban J connectivity index is 2.12. The molecule has 22 heavy (non-hydrogen) atoms. The highest BCUT2D eigenvalue weighted by Crippen LogP contribution is 2.33. The molecular formula is C12H12N4O4S2. The van der Waals surface area contributed by atoms with Crippen molar-refractivity contribution < 1.29 is 14.5 Å². The number of non-ortho nitro benzene ring substituents is 1. The number of hydrogen-bond donors (Lipinski definition) is 2. The molecule has 1 aromatic carbocycles. The Morgan fingerprint density at radius 1 is 1.45 bits per heavy atom. The van der Waals surface area contributed by atoms with E-state index in [0.717, 1.165) is 0 Å². The van der Waals surface area contributed by atoms with Crippen LogP contribution < -0.4 is 10.6 Å². The number of thioether (sulfide) groups is 1. The molecule has 0 bridgehead atoms. The fourth-order valence-electron chi connectivity index (χ4n) is 1.54. The maximum absolute atomic E-state index is 11.8. The first-order valence-electron chi connectivity index (χ1n) is 6.15. The van der Waals surface area contributed by atoms with Crippen molar-refractivity contribution in [3.8, 4) is 0 Å². The molecule has 0 aliphatic carbocycles. The number of fused-ring (bicyclic) bond motifs is 1. The second kappa shape index (κ2) is 6.71. The number of nitrogens with one attached hydrogen (secondary N) is 2. The Morgan fingerprint density at radius 2 is 2.18 bits per heavy atom. The van der Waals surface area contributed by atoms with Crippen molar-refractivity contribution in [2.75, 3.05) is 7.05 Å². The van der Waals surface area contributed by atoms with Crippen LogP contribution in [0.5, 0.6) is 0 Å². The Morgan fingerprint density at radius 3 is 2.82 bits per heavy atom. The molecule has 0 saturated carbocycles.